The molecule has 0 fully saturated rings. The van der Waals surface area contributed by atoms with E-state index in [4.69, 9.17) is 15.0 Å². The highest BCUT2D eigenvalue weighted by molar-refractivity contribution is 6.02. The highest BCUT2D eigenvalue weighted by Gasteiger charge is 2.13. The van der Waals surface area contributed by atoms with Crippen molar-refractivity contribution >= 4 is 22.8 Å². The zero-order valence-corrected chi connectivity index (χ0v) is 23.5. The third-order valence-electron chi connectivity index (χ3n) is 6.93. The quantitative estimate of drug-likeness (QED) is 0.274. The van der Waals surface area contributed by atoms with Crippen LogP contribution in [-0.2, 0) is 38.5 Å². The summed E-state index contributed by atoms with van der Waals surface area (Å²) in [5.41, 5.74) is 13.4. The number of hydrogen-bond acceptors (Lipinski definition) is 4. The Morgan fingerprint density at radius 2 is 0.889 bits per heavy atom. The second-order valence-corrected chi connectivity index (χ2v) is 9.33. The van der Waals surface area contributed by atoms with E-state index >= 15 is 0 Å². The Bertz CT molecular complexity index is 1120. The minimum absolute atomic E-state index is 0.790. The molecule has 0 unspecified atom stereocenters. The molecule has 1 aromatic heterocycles. The molecule has 190 valence electrons. The molecule has 1 heterocycles. The van der Waals surface area contributed by atoms with Crippen LogP contribution in [0.3, 0.4) is 0 Å². The third kappa shape index (κ3) is 6.16. The molecule has 0 aliphatic carbocycles. The fourth-order valence-electron chi connectivity index (χ4n) is 4.60. The van der Waals surface area contributed by atoms with Gasteiger partial charge in [0.25, 0.3) is 0 Å². The van der Waals surface area contributed by atoms with Crippen molar-refractivity contribution in [3.63, 3.8) is 0 Å². The van der Waals surface area contributed by atoms with Gasteiger partial charge >= 0.3 is 0 Å². The van der Waals surface area contributed by atoms with Gasteiger partial charge in [0, 0.05) is 0 Å². The first-order valence-electron chi connectivity index (χ1n) is 13.6. The molecule has 0 radical (unpaired) electrons. The molecule has 4 heteroatoms. The molecule has 0 amide bonds. The van der Waals surface area contributed by atoms with Crippen LogP contribution in [0.25, 0.3) is 0 Å². The normalized spacial score (nSPS) is 12.3. The van der Waals surface area contributed by atoms with Crippen molar-refractivity contribution in [3.8, 4) is 0 Å². The summed E-state index contributed by atoms with van der Waals surface area (Å²) in [6.07, 6.45) is 9.52. The molecule has 3 rings (SSSR count). The van der Waals surface area contributed by atoms with E-state index in [9.17, 15) is 0 Å². The number of benzene rings is 2. The van der Waals surface area contributed by atoms with E-state index in [1.807, 2.05) is 13.8 Å². The fourth-order valence-corrected chi connectivity index (χ4v) is 4.60. The van der Waals surface area contributed by atoms with Gasteiger partial charge in [-0.15, -0.1) is 0 Å². The predicted molar refractivity (Wildman–Crippen MR) is 155 cm³/mol. The van der Waals surface area contributed by atoms with E-state index in [1.54, 1.807) is 12.4 Å². The smallest absolute Gasteiger partial charge is 0.103 e. The van der Waals surface area contributed by atoms with Crippen LogP contribution >= 0.6 is 0 Å². The molecule has 0 bridgehead atoms. The molecule has 0 saturated carbocycles. The van der Waals surface area contributed by atoms with Crippen LogP contribution in [0.1, 0.15) is 100 Å². The number of rotatable bonds is 10. The summed E-state index contributed by atoms with van der Waals surface area (Å²) in [7, 11) is 0. The molecule has 0 saturated heterocycles. The average Bonchev–Trinajstić information content (AvgIpc) is 2.92. The lowest BCUT2D eigenvalue weighted by Gasteiger charge is -2.14. The summed E-state index contributed by atoms with van der Waals surface area (Å²) in [5, 5.41) is 0. The Labute approximate surface area is 218 Å². The van der Waals surface area contributed by atoms with Crippen LogP contribution in [0.4, 0.5) is 11.4 Å². The van der Waals surface area contributed by atoms with Crippen LogP contribution < -0.4 is 0 Å². The maximum absolute atomic E-state index is 5.08. The van der Waals surface area contributed by atoms with Gasteiger partial charge in [0.05, 0.1) is 35.2 Å². The molecule has 0 aliphatic heterocycles. The Morgan fingerprint density at radius 1 is 0.556 bits per heavy atom. The highest BCUT2D eigenvalue weighted by Crippen LogP contribution is 2.30. The number of nitrogens with zero attached hydrogens (tertiary/aromatic N) is 4. The summed E-state index contributed by atoms with van der Waals surface area (Å²) in [5.74, 6) is 0. The number of hydrogen-bond donors (Lipinski definition) is 0. The van der Waals surface area contributed by atoms with Gasteiger partial charge < -0.3 is 0 Å². The average molecular weight is 483 g/mol. The Balaban J connectivity index is 2.04. The van der Waals surface area contributed by atoms with E-state index < -0.39 is 0 Å². The van der Waals surface area contributed by atoms with Gasteiger partial charge in [0.2, 0.25) is 0 Å². The van der Waals surface area contributed by atoms with Crippen LogP contribution in [0, 0.1) is 0 Å². The molecule has 0 N–H and O–H groups in total. The van der Waals surface area contributed by atoms with Crippen molar-refractivity contribution in [2.75, 3.05) is 0 Å². The summed E-state index contributed by atoms with van der Waals surface area (Å²) >= 11 is 0. The second-order valence-electron chi connectivity index (χ2n) is 9.33. The summed E-state index contributed by atoms with van der Waals surface area (Å²) in [4.78, 5) is 19.6. The van der Waals surface area contributed by atoms with Crippen LogP contribution in [0.5, 0.6) is 0 Å². The minimum Gasteiger partial charge on any atom is -0.260 e. The van der Waals surface area contributed by atoms with Gasteiger partial charge in [-0.3, -0.25) is 15.0 Å². The van der Waals surface area contributed by atoms with Crippen LogP contribution in [-0.4, -0.2) is 21.4 Å². The number of aliphatic imine (C=N–C) groups is 2. The van der Waals surface area contributed by atoms with E-state index in [0.717, 1.165) is 72.7 Å². The Morgan fingerprint density at radius 3 is 1.17 bits per heavy atom. The van der Waals surface area contributed by atoms with Crippen molar-refractivity contribution in [2.24, 2.45) is 9.98 Å². The summed E-state index contributed by atoms with van der Waals surface area (Å²) in [6.45, 7) is 17.3. The topological polar surface area (TPSA) is 50.5 Å². The summed E-state index contributed by atoms with van der Waals surface area (Å²) in [6, 6.07) is 9.19. The fraction of sp³-hybridized carbons (Fsp3) is 0.438. The second kappa shape index (κ2) is 12.7. The zero-order chi connectivity index (χ0) is 26.2. The first-order valence-corrected chi connectivity index (χ1v) is 13.6. The largest absolute Gasteiger partial charge is 0.260 e. The first-order chi connectivity index (χ1) is 17.4. The first kappa shape index (κ1) is 27.4. The Hall–Kier alpha value is -3.14. The molecule has 36 heavy (non-hydrogen) atoms. The maximum Gasteiger partial charge on any atom is 0.103 e. The third-order valence-corrected chi connectivity index (χ3v) is 6.93. The number of aromatic nitrogens is 2. The van der Waals surface area contributed by atoms with E-state index in [1.165, 1.54) is 33.4 Å². The molecule has 3 aromatic rings. The van der Waals surface area contributed by atoms with E-state index in [0.29, 0.717) is 0 Å². The van der Waals surface area contributed by atoms with Crippen molar-refractivity contribution in [2.45, 2.75) is 93.9 Å². The SMILES string of the molecule is CCc1cc(CC)c(N=C(C)c2cncc(C(C)=Nc3c(CC)cc(CC)cc3CC)n2)c(CC)c1. The predicted octanol–water partition coefficient (Wildman–Crippen LogP) is 8.13. The van der Waals surface area contributed by atoms with Crippen molar-refractivity contribution < 1.29 is 0 Å². The highest BCUT2D eigenvalue weighted by atomic mass is 14.9. The van der Waals surface area contributed by atoms with Gasteiger partial charge in [-0.1, -0.05) is 65.8 Å². The lowest BCUT2D eigenvalue weighted by atomic mass is 9.98. The van der Waals surface area contributed by atoms with Gasteiger partial charge in [-0.2, -0.15) is 0 Å². The van der Waals surface area contributed by atoms with Crippen molar-refractivity contribution in [1.82, 2.24) is 9.97 Å². The molecule has 2 aromatic carbocycles. The van der Waals surface area contributed by atoms with Gasteiger partial charge in [0.15, 0.2) is 0 Å². The molecule has 0 atom stereocenters. The van der Waals surface area contributed by atoms with E-state index in [-0.39, 0.29) is 0 Å². The van der Waals surface area contributed by atoms with Gasteiger partial charge in [0.1, 0.15) is 11.4 Å². The lowest BCUT2D eigenvalue weighted by Crippen LogP contribution is -2.07. The maximum atomic E-state index is 5.08. The van der Waals surface area contributed by atoms with Gasteiger partial charge in [-0.25, -0.2) is 4.98 Å². The monoisotopic (exact) mass is 482 g/mol. The van der Waals surface area contributed by atoms with Crippen molar-refractivity contribution in [1.29, 1.82) is 0 Å². The number of aryl methyl sites for hydroxylation is 6. The molecule has 0 spiro atoms. The molecular weight excluding hydrogens is 440 g/mol. The summed E-state index contributed by atoms with van der Waals surface area (Å²) < 4.78 is 0. The van der Waals surface area contributed by atoms with Crippen LogP contribution in [0.2, 0.25) is 0 Å². The van der Waals surface area contributed by atoms with E-state index in [2.05, 4.69) is 70.8 Å². The molecular formula is C32H42N4. The minimum atomic E-state index is 0.790. The molecule has 0 aliphatic rings. The lowest BCUT2D eigenvalue weighted by molar-refractivity contribution is 1.04. The van der Waals surface area contributed by atoms with Crippen LogP contribution in [0.15, 0.2) is 46.6 Å². The standard InChI is InChI=1S/C32H42N4/c1-9-23-15-25(11-3)31(26(12-4)16-23)34-21(7)29-19-33-20-30(36-29)22(8)35-32-27(13-5)17-24(10-2)18-28(32)14-6/h15-20H,9-14H2,1-8H3. The molecule has 4 nitrogen and oxygen atoms in total. The zero-order valence-electron chi connectivity index (χ0n) is 23.5. The van der Waals surface area contributed by atoms with Gasteiger partial charge in [-0.05, 0) is 85.8 Å². The van der Waals surface area contributed by atoms with Crippen molar-refractivity contribution in [3.05, 3.63) is 81.4 Å². The Kier molecular flexibility index (Phi) is 9.69.